The Labute approximate surface area is 272 Å². The van der Waals surface area contributed by atoms with Crippen molar-refractivity contribution < 1.29 is 35.5 Å². The van der Waals surface area contributed by atoms with Gasteiger partial charge in [0.25, 0.3) is 0 Å². The number of aliphatic imine (C=N–C) groups is 1. The highest BCUT2D eigenvalue weighted by molar-refractivity contribution is 7.78. The van der Waals surface area contributed by atoms with Gasteiger partial charge in [-0.2, -0.15) is 13.8 Å². The molecule has 0 saturated heterocycles. The van der Waals surface area contributed by atoms with Crippen molar-refractivity contribution in [2.45, 2.75) is 38.7 Å². The van der Waals surface area contributed by atoms with Gasteiger partial charge in [0.15, 0.2) is 0 Å². The fraction of sp³-hybridized carbons (Fsp3) is 0.162. The summed E-state index contributed by atoms with van der Waals surface area (Å²) in [4.78, 5) is 3.53. The zero-order chi connectivity index (χ0) is 33.7. The van der Waals surface area contributed by atoms with Crippen molar-refractivity contribution in [3.8, 4) is 39.1 Å². The van der Waals surface area contributed by atoms with Gasteiger partial charge < -0.3 is 4.74 Å². The van der Waals surface area contributed by atoms with Gasteiger partial charge in [0.2, 0.25) is 0 Å². The van der Waals surface area contributed by atoms with Crippen LogP contribution in [-0.4, -0.2) is 5.16 Å². The fourth-order valence-corrected chi connectivity index (χ4v) is 5.28. The average molecular weight is 666 g/mol. The number of aryl methyl sites for hydroxylation is 1. The monoisotopic (exact) mass is 665 g/mol. The molecule has 10 heteroatoms. The van der Waals surface area contributed by atoms with E-state index in [4.69, 9.17) is 0 Å². The summed E-state index contributed by atoms with van der Waals surface area (Å²) in [6, 6.07) is 19.0. The summed E-state index contributed by atoms with van der Waals surface area (Å²) in [6.07, 6.45) is -0.340. The van der Waals surface area contributed by atoms with Gasteiger partial charge in [-0.15, -0.1) is 0 Å². The standard InChI is InChI=1S/C37H26F7NOS/c1-2-3-4-5-22-6-8-23(9-7-22)24-10-13-29(30(38)16-24)26-18-33(41)36(34(42)19-26)37(43,44)46-27-12-14-28(31(39)20-27)25-11-15-35(45-21-47)32(40)17-25/h6-20H,2-5H2,1H3. The minimum Gasteiger partial charge on any atom is -0.429 e. The number of benzene rings is 5. The van der Waals surface area contributed by atoms with Crippen molar-refractivity contribution >= 4 is 23.1 Å². The molecule has 0 saturated carbocycles. The predicted octanol–water partition coefficient (Wildman–Crippen LogP) is 12.0. The summed E-state index contributed by atoms with van der Waals surface area (Å²) in [6.45, 7) is 2.13. The Balaban J connectivity index is 1.35. The summed E-state index contributed by atoms with van der Waals surface area (Å²) in [5, 5.41) is 2.01. The highest BCUT2D eigenvalue weighted by Crippen LogP contribution is 2.39. The molecule has 47 heavy (non-hydrogen) atoms. The average Bonchev–Trinajstić information content (AvgIpc) is 3.02. The Kier molecular flexibility index (Phi) is 10.2. The molecule has 0 N–H and O–H groups in total. The van der Waals surface area contributed by atoms with Gasteiger partial charge in [0, 0.05) is 17.2 Å². The Hall–Kier alpha value is -4.79. The van der Waals surface area contributed by atoms with Crippen molar-refractivity contribution in [3.05, 3.63) is 131 Å². The number of hydrogen-bond donors (Lipinski definition) is 0. The van der Waals surface area contributed by atoms with E-state index in [1.807, 2.05) is 29.4 Å². The van der Waals surface area contributed by atoms with Gasteiger partial charge in [-0.1, -0.05) is 62.2 Å². The van der Waals surface area contributed by atoms with Crippen molar-refractivity contribution in [1.82, 2.24) is 0 Å². The lowest BCUT2D eigenvalue weighted by Gasteiger charge is -2.20. The second kappa shape index (κ2) is 14.3. The quantitative estimate of drug-likeness (QED) is 0.0606. The molecule has 0 spiro atoms. The van der Waals surface area contributed by atoms with Crippen LogP contribution < -0.4 is 4.74 Å². The van der Waals surface area contributed by atoms with Crippen molar-refractivity contribution in [3.63, 3.8) is 0 Å². The summed E-state index contributed by atoms with van der Waals surface area (Å²) < 4.78 is 109. The number of ether oxygens (including phenoxy) is 1. The molecule has 0 aliphatic carbocycles. The first kappa shape index (κ1) is 33.6. The number of nitrogens with zero attached hydrogens (tertiary/aromatic N) is 1. The lowest BCUT2D eigenvalue weighted by Crippen LogP contribution is -2.25. The Morgan fingerprint density at radius 3 is 1.83 bits per heavy atom. The third-order valence-corrected chi connectivity index (χ3v) is 7.67. The van der Waals surface area contributed by atoms with E-state index in [1.165, 1.54) is 24.3 Å². The second-order valence-corrected chi connectivity index (χ2v) is 11.0. The largest absolute Gasteiger partial charge is 0.432 e. The van der Waals surface area contributed by atoms with Crippen LogP contribution in [0.3, 0.4) is 0 Å². The van der Waals surface area contributed by atoms with Crippen LogP contribution in [0, 0.1) is 29.1 Å². The van der Waals surface area contributed by atoms with Crippen LogP contribution >= 0.6 is 12.2 Å². The van der Waals surface area contributed by atoms with E-state index in [9.17, 15) is 8.78 Å². The first-order chi connectivity index (χ1) is 22.5. The van der Waals surface area contributed by atoms with Crippen molar-refractivity contribution in [1.29, 1.82) is 0 Å². The Morgan fingerprint density at radius 2 is 1.21 bits per heavy atom. The number of thiocarbonyl (C=S) groups is 1. The fourth-order valence-electron chi connectivity index (χ4n) is 5.19. The topological polar surface area (TPSA) is 21.6 Å². The van der Waals surface area contributed by atoms with Crippen molar-refractivity contribution in [2.75, 3.05) is 0 Å². The smallest absolute Gasteiger partial charge is 0.429 e. The van der Waals surface area contributed by atoms with Crippen LogP contribution in [0.2, 0.25) is 0 Å². The van der Waals surface area contributed by atoms with Crippen molar-refractivity contribution in [2.24, 2.45) is 4.99 Å². The molecule has 0 unspecified atom stereocenters. The van der Waals surface area contributed by atoms with Crippen LogP contribution in [0.25, 0.3) is 33.4 Å². The molecule has 2 nitrogen and oxygen atoms in total. The van der Waals surface area contributed by atoms with Gasteiger partial charge in [-0.05, 0) is 95.3 Å². The minimum atomic E-state index is -4.59. The lowest BCUT2D eigenvalue weighted by molar-refractivity contribution is -0.189. The normalized spacial score (nSPS) is 11.3. The molecule has 0 amide bonds. The number of hydrogen-bond acceptors (Lipinski definition) is 3. The molecular weight excluding hydrogens is 639 g/mol. The van der Waals surface area contributed by atoms with Crippen LogP contribution in [0.5, 0.6) is 5.75 Å². The molecule has 240 valence electrons. The molecule has 0 radical (unpaired) electrons. The second-order valence-electron chi connectivity index (χ2n) is 10.8. The Bertz CT molecular complexity index is 1950. The molecular formula is C37H26F7NOS. The zero-order valence-electron chi connectivity index (χ0n) is 24.9. The van der Waals surface area contributed by atoms with Crippen LogP contribution in [0.1, 0.15) is 37.3 Å². The maximum Gasteiger partial charge on any atom is 0.432 e. The molecule has 0 aliphatic rings. The molecule has 0 aliphatic heterocycles. The van der Waals surface area contributed by atoms with E-state index in [2.05, 4.69) is 28.9 Å². The third kappa shape index (κ3) is 7.62. The van der Waals surface area contributed by atoms with Gasteiger partial charge >= 0.3 is 6.11 Å². The number of isothiocyanates is 1. The first-order valence-corrected chi connectivity index (χ1v) is 15.0. The Morgan fingerprint density at radius 1 is 0.638 bits per heavy atom. The molecule has 0 bridgehead atoms. The first-order valence-electron chi connectivity index (χ1n) is 14.6. The summed E-state index contributed by atoms with van der Waals surface area (Å²) in [7, 11) is 0. The molecule has 0 heterocycles. The maximum absolute atomic E-state index is 15.2. The van der Waals surface area contributed by atoms with E-state index in [1.54, 1.807) is 6.07 Å². The molecule has 0 atom stereocenters. The van der Waals surface area contributed by atoms with Crippen LogP contribution in [0.15, 0.2) is 96.0 Å². The van der Waals surface area contributed by atoms with E-state index < -0.39 is 46.5 Å². The molecule has 5 rings (SSSR count). The van der Waals surface area contributed by atoms with E-state index in [0.717, 1.165) is 55.0 Å². The SMILES string of the molecule is CCCCCc1ccc(-c2ccc(-c3cc(F)c(C(F)(F)Oc4ccc(-c5ccc(N=C=S)c(F)c5)c(F)c4)c(F)c3)c(F)c2)cc1. The summed E-state index contributed by atoms with van der Waals surface area (Å²) in [5.74, 6) is -6.84. The lowest BCUT2D eigenvalue weighted by atomic mass is 9.97. The zero-order valence-corrected chi connectivity index (χ0v) is 25.7. The van der Waals surface area contributed by atoms with Crippen LogP contribution in [-0.2, 0) is 12.5 Å². The van der Waals surface area contributed by atoms with Gasteiger partial charge in [-0.25, -0.2) is 22.0 Å². The summed E-state index contributed by atoms with van der Waals surface area (Å²) in [5.41, 5.74) is -0.0395. The van der Waals surface area contributed by atoms with Gasteiger partial charge in [0.05, 0.1) is 5.16 Å². The number of alkyl halides is 2. The summed E-state index contributed by atoms with van der Waals surface area (Å²) >= 11 is 4.44. The van der Waals surface area contributed by atoms with E-state index in [0.29, 0.717) is 23.8 Å². The van der Waals surface area contributed by atoms with E-state index >= 15 is 22.0 Å². The molecule has 5 aromatic carbocycles. The maximum atomic E-state index is 15.2. The minimum absolute atomic E-state index is 0.0604. The molecule has 0 aromatic heterocycles. The van der Waals surface area contributed by atoms with Crippen LogP contribution in [0.4, 0.5) is 36.4 Å². The highest BCUT2D eigenvalue weighted by Gasteiger charge is 2.41. The number of rotatable bonds is 11. The van der Waals surface area contributed by atoms with Gasteiger partial charge in [0.1, 0.15) is 46.1 Å². The van der Waals surface area contributed by atoms with E-state index in [-0.39, 0.29) is 27.9 Å². The number of halogens is 7. The predicted molar refractivity (Wildman–Crippen MR) is 171 cm³/mol. The third-order valence-electron chi connectivity index (χ3n) is 7.58. The molecule has 0 fully saturated rings. The highest BCUT2D eigenvalue weighted by atomic mass is 32.1. The van der Waals surface area contributed by atoms with Gasteiger partial charge in [-0.3, -0.25) is 0 Å². The molecule has 5 aromatic rings. The number of unbranched alkanes of at least 4 members (excludes halogenated alkanes) is 2.